The van der Waals surface area contributed by atoms with Crippen molar-refractivity contribution in [1.29, 1.82) is 0 Å². The summed E-state index contributed by atoms with van der Waals surface area (Å²) >= 11 is 0. The normalized spacial score (nSPS) is 26.5. The molecular formula is C17H25NO2. The molecule has 2 atom stereocenters. The third-order valence-corrected chi connectivity index (χ3v) is 4.24. The van der Waals surface area contributed by atoms with Crippen LogP contribution in [0.2, 0.25) is 0 Å². The van der Waals surface area contributed by atoms with Crippen LogP contribution >= 0.6 is 0 Å². The van der Waals surface area contributed by atoms with Gasteiger partial charge in [0.15, 0.2) is 0 Å². The number of rotatable bonds is 4. The molecule has 1 aromatic rings. The molecule has 1 aromatic carbocycles. The summed E-state index contributed by atoms with van der Waals surface area (Å²) in [6.45, 7) is 8.05. The zero-order valence-electron chi connectivity index (χ0n) is 12.6. The third-order valence-electron chi connectivity index (χ3n) is 4.24. The fourth-order valence-electron chi connectivity index (χ4n) is 3.40. The van der Waals surface area contributed by atoms with Crippen molar-refractivity contribution >= 4 is 0 Å². The summed E-state index contributed by atoms with van der Waals surface area (Å²) in [5.41, 5.74) is 2.99. The van der Waals surface area contributed by atoms with Gasteiger partial charge >= 0.3 is 0 Å². The van der Waals surface area contributed by atoms with Crippen LogP contribution in [-0.4, -0.2) is 43.3 Å². The SMILES string of the molecule is C[C@H]1CN(CCOc2ccc3c(c2)CCC3)C[C@H](C)O1. The van der Waals surface area contributed by atoms with Gasteiger partial charge in [-0.05, 0) is 56.4 Å². The Morgan fingerprint density at radius 3 is 2.70 bits per heavy atom. The number of ether oxygens (including phenoxy) is 2. The molecular weight excluding hydrogens is 250 g/mol. The van der Waals surface area contributed by atoms with E-state index in [2.05, 4.69) is 36.9 Å². The molecule has 0 spiro atoms. The first-order chi connectivity index (χ1) is 9.70. The molecule has 3 rings (SSSR count). The molecule has 1 heterocycles. The minimum Gasteiger partial charge on any atom is -0.492 e. The Morgan fingerprint density at radius 2 is 1.90 bits per heavy atom. The van der Waals surface area contributed by atoms with Crippen LogP contribution in [0.1, 0.15) is 31.4 Å². The Labute approximate surface area is 121 Å². The van der Waals surface area contributed by atoms with E-state index >= 15 is 0 Å². The predicted octanol–water partition coefficient (Wildman–Crippen LogP) is 2.66. The maximum Gasteiger partial charge on any atom is 0.119 e. The van der Waals surface area contributed by atoms with Crippen LogP contribution in [0, 0.1) is 0 Å². The molecule has 1 fully saturated rings. The second kappa shape index (κ2) is 6.15. The minimum atomic E-state index is 0.332. The zero-order chi connectivity index (χ0) is 13.9. The predicted molar refractivity (Wildman–Crippen MR) is 80.4 cm³/mol. The smallest absolute Gasteiger partial charge is 0.119 e. The monoisotopic (exact) mass is 275 g/mol. The number of aryl methyl sites for hydroxylation is 2. The number of nitrogens with zero attached hydrogens (tertiary/aromatic N) is 1. The van der Waals surface area contributed by atoms with Gasteiger partial charge in [0.1, 0.15) is 12.4 Å². The highest BCUT2D eigenvalue weighted by molar-refractivity contribution is 5.38. The van der Waals surface area contributed by atoms with E-state index in [9.17, 15) is 0 Å². The maximum absolute atomic E-state index is 5.92. The quantitative estimate of drug-likeness (QED) is 0.843. The summed E-state index contributed by atoms with van der Waals surface area (Å²) in [4.78, 5) is 2.44. The third kappa shape index (κ3) is 3.33. The lowest BCUT2D eigenvalue weighted by Gasteiger charge is -2.35. The van der Waals surface area contributed by atoms with E-state index in [0.29, 0.717) is 12.2 Å². The number of hydrogen-bond acceptors (Lipinski definition) is 3. The summed E-state index contributed by atoms with van der Waals surface area (Å²) in [5.74, 6) is 1.03. The second-order valence-electron chi connectivity index (χ2n) is 6.15. The maximum atomic E-state index is 5.92. The van der Waals surface area contributed by atoms with Crippen LogP contribution in [0.5, 0.6) is 5.75 Å². The van der Waals surface area contributed by atoms with Crippen molar-refractivity contribution in [1.82, 2.24) is 4.90 Å². The van der Waals surface area contributed by atoms with Crippen LogP contribution in [0.3, 0.4) is 0 Å². The number of morpholine rings is 1. The lowest BCUT2D eigenvalue weighted by molar-refractivity contribution is -0.0699. The van der Waals surface area contributed by atoms with E-state index in [0.717, 1.165) is 32.0 Å². The summed E-state index contributed by atoms with van der Waals surface area (Å²) in [6.07, 6.45) is 4.41. The van der Waals surface area contributed by atoms with Gasteiger partial charge in [0.25, 0.3) is 0 Å². The first-order valence-corrected chi connectivity index (χ1v) is 7.83. The van der Waals surface area contributed by atoms with Gasteiger partial charge in [-0.2, -0.15) is 0 Å². The van der Waals surface area contributed by atoms with Crippen molar-refractivity contribution in [2.45, 2.75) is 45.3 Å². The van der Waals surface area contributed by atoms with Crippen molar-refractivity contribution in [2.75, 3.05) is 26.2 Å². The molecule has 3 nitrogen and oxygen atoms in total. The molecule has 0 N–H and O–H groups in total. The number of fused-ring (bicyclic) bond motifs is 1. The Kier molecular flexibility index (Phi) is 4.27. The molecule has 0 amide bonds. The van der Waals surface area contributed by atoms with Crippen molar-refractivity contribution in [3.63, 3.8) is 0 Å². The van der Waals surface area contributed by atoms with E-state index in [1.54, 1.807) is 0 Å². The zero-order valence-corrected chi connectivity index (χ0v) is 12.6. The Morgan fingerprint density at radius 1 is 1.15 bits per heavy atom. The van der Waals surface area contributed by atoms with Gasteiger partial charge < -0.3 is 9.47 Å². The molecule has 20 heavy (non-hydrogen) atoms. The van der Waals surface area contributed by atoms with E-state index < -0.39 is 0 Å². The van der Waals surface area contributed by atoms with Gasteiger partial charge in [0.2, 0.25) is 0 Å². The number of benzene rings is 1. The Hall–Kier alpha value is -1.06. The van der Waals surface area contributed by atoms with E-state index in [1.807, 2.05) is 0 Å². The fourth-order valence-corrected chi connectivity index (χ4v) is 3.40. The molecule has 0 bridgehead atoms. The van der Waals surface area contributed by atoms with Gasteiger partial charge in [0, 0.05) is 19.6 Å². The molecule has 0 unspecified atom stereocenters. The molecule has 3 heteroatoms. The summed E-state index contributed by atoms with van der Waals surface area (Å²) in [5, 5.41) is 0. The molecule has 1 aliphatic carbocycles. The van der Waals surface area contributed by atoms with Gasteiger partial charge in [-0.3, -0.25) is 4.90 Å². The van der Waals surface area contributed by atoms with Gasteiger partial charge in [-0.15, -0.1) is 0 Å². The Balaban J connectivity index is 1.48. The second-order valence-corrected chi connectivity index (χ2v) is 6.15. The van der Waals surface area contributed by atoms with Crippen LogP contribution < -0.4 is 4.74 Å². The van der Waals surface area contributed by atoms with Crippen LogP contribution in [-0.2, 0) is 17.6 Å². The van der Waals surface area contributed by atoms with Crippen molar-refractivity contribution in [3.8, 4) is 5.75 Å². The highest BCUT2D eigenvalue weighted by atomic mass is 16.5. The van der Waals surface area contributed by atoms with E-state index in [-0.39, 0.29) is 0 Å². The first kappa shape index (κ1) is 13.9. The topological polar surface area (TPSA) is 21.7 Å². The molecule has 1 aliphatic heterocycles. The average Bonchev–Trinajstić information content (AvgIpc) is 2.85. The van der Waals surface area contributed by atoms with Gasteiger partial charge in [0.05, 0.1) is 12.2 Å². The number of hydrogen-bond donors (Lipinski definition) is 0. The lowest BCUT2D eigenvalue weighted by Crippen LogP contribution is -2.46. The standard InChI is InChI=1S/C17H25NO2/c1-13-11-18(12-14(2)20-13)8-9-19-17-7-6-15-4-3-5-16(15)10-17/h6-7,10,13-14H,3-5,8-9,11-12H2,1-2H3/t13-,14-/m0/s1. The first-order valence-electron chi connectivity index (χ1n) is 7.83. The van der Waals surface area contributed by atoms with Crippen LogP contribution in [0.4, 0.5) is 0 Å². The Bertz CT molecular complexity index is 450. The highest BCUT2D eigenvalue weighted by Gasteiger charge is 2.21. The summed E-state index contributed by atoms with van der Waals surface area (Å²) < 4.78 is 11.7. The van der Waals surface area contributed by atoms with Crippen LogP contribution in [0.25, 0.3) is 0 Å². The van der Waals surface area contributed by atoms with Crippen molar-refractivity contribution in [3.05, 3.63) is 29.3 Å². The molecule has 0 radical (unpaired) electrons. The molecule has 1 saturated heterocycles. The van der Waals surface area contributed by atoms with Crippen molar-refractivity contribution < 1.29 is 9.47 Å². The summed E-state index contributed by atoms with van der Waals surface area (Å²) in [6, 6.07) is 6.58. The molecule has 2 aliphatic rings. The lowest BCUT2D eigenvalue weighted by atomic mass is 10.1. The van der Waals surface area contributed by atoms with Gasteiger partial charge in [-0.1, -0.05) is 6.07 Å². The van der Waals surface area contributed by atoms with Crippen molar-refractivity contribution in [2.24, 2.45) is 0 Å². The summed E-state index contributed by atoms with van der Waals surface area (Å²) in [7, 11) is 0. The average molecular weight is 275 g/mol. The highest BCUT2D eigenvalue weighted by Crippen LogP contribution is 2.26. The minimum absolute atomic E-state index is 0.332. The fraction of sp³-hybridized carbons (Fsp3) is 0.647. The van der Waals surface area contributed by atoms with E-state index in [4.69, 9.17) is 9.47 Å². The largest absolute Gasteiger partial charge is 0.492 e. The van der Waals surface area contributed by atoms with Gasteiger partial charge in [-0.25, -0.2) is 0 Å². The molecule has 0 aromatic heterocycles. The van der Waals surface area contributed by atoms with E-state index in [1.165, 1.54) is 30.4 Å². The molecule has 0 saturated carbocycles. The molecule has 110 valence electrons. The van der Waals surface area contributed by atoms with Crippen LogP contribution in [0.15, 0.2) is 18.2 Å².